The van der Waals surface area contributed by atoms with Crippen molar-refractivity contribution in [1.82, 2.24) is 35.1 Å². The largest absolute Gasteiger partial charge is 0.477 e. The molecule has 13 nitrogen and oxygen atoms in total. The quantitative estimate of drug-likeness (QED) is 0.225. The summed E-state index contributed by atoms with van der Waals surface area (Å²) in [5.74, 6) is 1.64. The number of nitrogens with two attached hydrogens (primary N) is 1. The molecule has 1 saturated carbocycles. The lowest BCUT2D eigenvalue weighted by atomic mass is 9.63. The average molecular weight is 740 g/mol. The number of aromatic nitrogens is 5. The van der Waals surface area contributed by atoms with Gasteiger partial charge in [-0.25, -0.2) is 14.1 Å². The molecule has 5 aliphatic rings. The zero-order valence-electron chi connectivity index (χ0n) is 29.5. The Balaban J connectivity index is 1.05. The second kappa shape index (κ2) is 13.6. The Bertz CT molecular complexity index is 2110. The van der Waals surface area contributed by atoms with Gasteiger partial charge in [0, 0.05) is 54.4 Å². The van der Waals surface area contributed by atoms with E-state index in [0.29, 0.717) is 53.6 Å². The fourth-order valence-corrected chi connectivity index (χ4v) is 9.90. The first-order valence-electron chi connectivity index (χ1n) is 18.7. The highest BCUT2D eigenvalue weighted by Gasteiger charge is 2.49. The van der Waals surface area contributed by atoms with E-state index in [4.69, 9.17) is 29.7 Å². The number of piperidine rings is 1. The summed E-state index contributed by atoms with van der Waals surface area (Å²) in [6, 6.07) is 5.75. The number of thiophene rings is 1. The number of hydrogen-bond acceptors (Lipinski definition) is 12. The van der Waals surface area contributed by atoms with Crippen LogP contribution in [0.2, 0.25) is 0 Å². The molecule has 0 bridgehead atoms. The Morgan fingerprint density at radius 2 is 2.02 bits per heavy atom. The van der Waals surface area contributed by atoms with Crippen molar-refractivity contribution in [3.05, 3.63) is 63.3 Å². The normalized spacial score (nSPS) is 23.3. The number of halogens is 1. The number of nitrogen functional groups attached to an aromatic ring is 1. The van der Waals surface area contributed by atoms with Crippen LogP contribution >= 0.6 is 11.3 Å². The maximum absolute atomic E-state index is 13.1. The van der Waals surface area contributed by atoms with Gasteiger partial charge in [0.05, 0.1) is 36.6 Å². The summed E-state index contributed by atoms with van der Waals surface area (Å²) in [6.45, 7) is 4.16. The third-order valence-corrected chi connectivity index (χ3v) is 12.9. The molecule has 3 aliphatic carbocycles. The van der Waals surface area contributed by atoms with Gasteiger partial charge in [0.15, 0.2) is 28.8 Å². The number of aryl methyl sites for hydroxylation is 1. The zero-order valence-corrected chi connectivity index (χ0v) is 30.4. The van der Waals surface area contributed by atoms with Crippen molar-refractivity contribution in [2.24, 2.45) is 5.41 Å². The molecule has 2 atom stereocenters. The van der Waals surface area contributed by atoms with Crippen molar-refractivity contribution in [2.45, 2.75) is 82.1 Å². The van der Waals surface area contributed by atoms with Crippen LogP contribution in [0.1, 0.15) is 95.6 Å². The standard InChI is InChI=1S/C38H42FN9O4S/c39-18-23-5-13-47(14-6-23)21-37(11-12-37)22-51-30-17-29(48-15-7-27(45-48)36(49)42-24-8-16-50-20-24)43-35(44-30)32-25-3-1-9-38(33(25)52-46-32)10-2-4-28-31(38)26(19-40)34(41)53-28/h7,15,17-18,24H,1-6,8-14,16,20-22,41H2,(H,42,49)/t24-,38-/m0/s1. The predicted molar refractivity (Wildman–Crippen MR) is 193 cm³/mol. The molecule has 3 fully saturated rings. The summed E-state index contributed by atoms with van der Waals surface area (Å²) < 4.78 is 32.8. The summed E-state index contributed by atoms with van der Waals surface area (Å²) in [5, 5.41) is 22.9. The van der Waals surface area contributed by atoms with Crippen LogP contribution in [0.15, 0.2) is 34.8 Å². The topological polar surface area (TPSA) is 170 Å². The number of fused-ring (bicyclic) bond motifs is 4. The third kappa shape index (κ3) is 6.30. The number of likely N-dealkylation sites (tertiary alicyclic amines) is 1. The van der Waals surface area contributed by atoms with Crippen LogP contribution in [0.4, 0.5) is 9.39 Å². The molecule has 276 valence electrons. The number of carbonyl (C=O) groups is 1. The van der Waals surface area contributed by atoms with Crippen LogP contribution in [-0.2, 0) is 23.0 Å². The number of amides is 1. The lowest BCUT2D eigenvalue weighted by Gasteiger charge is -2.39. The highest BCUT2D eigenvalue weighted by atomic mass is 32.1. The van der Waals surface area contributed by atoms with E-state index in [0.717, 1.165) is 124 Å². The summed E-state index contributed by atoms with van der Waals surface area (Å²) in [4.78, 5) is 26.5. The number of nitrogens with zero attached hydrogens (tertiary/aromatic N) is 7. The molecule has 9 rings (SSSR count). The summed E-state index contributed by atoms with van der Waals surface area (Å²) >= 11 is 1.51. The van der Waals surface area contributed by atoms with Gasteiger partial charge < -0.3 is 29.9 Å². The molecule has 0 unspecified atom stereocenters. The fourth-order valence-electron chi connectivity index (χ4n) is 8.74. The van der Waals surface area contributed by atoms with Crippen LogP contribution in [0.5, 0.6) is 5.88 Å². The van der Waals surface area contributed by atoms with E-state index in [2.05, 4.69) is 26.5 Å². The van der Waals surface area contributed by atoms with Gasteiger partial charge in [-0.1, -0.05) is 5.16 Å². The minimum Gasteiger partial charge on any atom is -0.477 e. The van der Waals surface area contributed by atoms with Crippen molar-refractivity contribution < 1.29 is 23.2 Å². The number of anilines is 1. The molecule has 53 heavy (non-hydrogen) atoms. The molecule has 2 saturated heterocycles. The minimum atomic E-state index is -0.481. The molecule has 15 heteroatoms. The molecule has 1 amide bonds. The van der Waals surface area contributed by atoms with Crippen LogP contribution in [0, 0.1) is 16.7 Å². The monoisotopic (exact) mass is 739 g/mol. The van der Waals surface area contributed by atoms with E-state index in [1.165, 1.54) is 11.3 Å². The van der Waals surface area contributed by atoms with E-state index in [1.54, 1.807) is 23.0 Å². The number of ether oxygens (including phenoxy) is 2. The van der Waals surface area contributed by atoms with Gasteiger partial charge in [-0.2, -0.15) is 15.3 Å². The first-order valence-corrected chi connectivity index (χ1v) is 19.5. The van der Waals surface area contributed by atoms with Crippen LogP contribution in [-0.4, -0.2) is 81.2 Å². The molecular formula is C38H42FN9O4S. The molecule has 6 heterocycles. The molecule has 2 aliphatic heterocycles. The average Bonchev–Trinajstić information content (AvgIpc) is 3.69. The Morgan fingerprint density at radius 1 is 1.19 bits per heavy atom. The smallest absolute Gasteiger partial charge is 0.272 e. The fraction of sp³-hybridized carbons (Fsp3) is 0.526. The van der Waals surface area contributed by atoms with E-state index in [9.17, 15) is 14.4 Å². The van der Waals surface area contributed by atoms with Crippen LogP contribution < -0.4 is 15.8 Å². The van der Waals surface area contributed by atoms with E-state index >= 15 is 0 Å². The molecular weight excluding hydrogens is 698 g/mol. The van der Waals surface area contributed by atoms with Gasteiger partial charge in [-0.15, -0.1) is 11.3 Å². The van der Waals surface area contributed by atoms with Gasteiger partial charge in [0.25, 0.3) is 5.91 Å². The maximum atomic E-state index is 13.1. The third-order valence-electron chi connectivity index (χ3n) is 11.8. The van der Waals surface area contributed by atoms with Crippen LogP contribution in [0.3, 0.4) is 0 Å². The summed E-state index contributed by atoms with van der Waals surface area (Å²) in [5.41, 5.74) is 10.1. The Hall–Kier alpha value is -4.65. The molecule has 0 radical (unpaired) electrons. The number of nitrogens with one attached hydrogen (secondary N) is 1. The molecule has 1 spiro atoms. The molecule has 0 aromatic carbocycles. The maximum Gasteiger partial charge on any atom is 0.272 e. The zero-order chi connectivity index (χ0) is 36.2. The van der Waals surface area contributed by atoms with Crippen LogP contribution in [0.25, 0.3) is 17.3 Å². The highest BCUT2D eigenvalue weighted by molar-refractivity contribution is 7.16. The number of hydrogen-bond donors (Lipinski definition) is 2. The Morgan fingerprint density at radius 3 is 2.77 bits per heavy atom. The van der Waals surface area contributed by atoms with Gasteiger partial charge in [0.1, 0.15) is 11.1 Å². The van der Waals surface area contributed by atoms with E-state index in [1.807, 2.05) is 0 Å². The van der Waals surface area contributed by atoms with E-state index in [-0.39, 0.29) is 23.1 Å². The summed E-state index contributed by atoms with van der Waals surface area (Å²) in [7, 11) is 0. The Kier molecular flexibility index (Phi) is 8.79. The lowest BCUT2D eigenvalue weighted by Crippen LogP contribution is -2.37. The predicted octanol–water partition coefficient (Wildman–Crippen LogP) is 5.42. The van der Waals surface area contributed by atoms with Gasteiger partial charge >= 0.3 is 0 Å². The minimum absolute atomic E-state index is 0.00206. The SMILES string of the molecule is N#Cc1c(N)sc2c1[C@@]1(CCC2)CCCc2c(-c3nc(OCC4(CN5CCC(=CF)CC5)CC4)cc(-n4ccc(C(=O)N[C@H]5CCOC5)n4)n3)noc21. The molecule has 4 aromatic rings. The van der Waals surface area contributed by atoms with Crippen molar-refractivity contribution in [3.63, 3.8) is 0 Å². The van der Waals surface area contributed by atoms with Crippen molar-refractivity contribution in [3.8, 4) is 29.3 Å². The molecule has 3 N–H and O–H groups in total. The lowest BCUT2D eigenvalue weighted by molar-refractivity contribution is 0.0924. The van der Waals surface area contributed by atoms with Gasteiger partial charge in [-0.05, 0) is 87.8 Å². The highest BCUT2D eigenvalue weighted by Crippen LogP contribution is 2.55. The van der Waals surface area contributed by atoms with Crippen molar-refractivity contribution in [2.75, 3.05) is 45.2 Å². The van der Waals surface area contributed by atoms with E-state index < -0.39 is 5.41 Å². The van der Waals surface area contributed by atoms with Crippen molar-refractivity contribution in [1.29, 1.82) is 5.26 Å². The second-order valence-corrected chi connectivity index (χ2v) is 16.4. The first-order chi connectivity index (χ1) is 25.9. The number of carbonyl (C=O) groups excluding carboxylic acids is 1. The summed E-state index contributed by atoms with van der Waals surface area (Å²) in [6.07, 6.45) is 12.0. The number of rotatable bonds is 9. The Labute approximate surface area is 310 Å². The van der Waals surface area contributed by atoms with Gasteiger partial charge in [-0.3, -0.25) is 4.79 Å². The van der Waals surface area contributed by atoms with Crippen molar-refractivity contribution >= 4 is 22.2 Å². The van der Waals surface area contributed by atoms with Gasteiger partial charge in [0.2, 0.25) is 5.88 Å². The molecule has 4 aromatic heterocycles. The number of nitriles is 1. The first kappa shape index (κ1) is 34.1. The second-order valence-electron chi connectivity index (χ2n) is 15.3.